The Kier molecular flexibility index (Phi) is 7.54. The maximum absolute atomic E-state index is 11.0. The second kappa shape index (κ2) is 7.84. The molecule has 2 aliphatic rings. The summed E-state index contributed by atoms with van der Waals surface area (Å²) in [7, 11) is 0. The molecule has 0 amide bonds. The summed E-state index contributed by atoms with van der Waals surface area (Å²) in [6, 6.07) is 0. The van der Waals surface area contributed by atoms with Crippen LogP contribution in [0.5, 0.6) is 0 Å². The lowest BCUT2D eigenvalue weighted by Crippen LogP contribution is -2.19. The second-order valence-electron chi connectivity index (χ2n) is 3.28. The lowest BCUT2D eigenvalue weighted by atomic mass is 9.81. The highest BCUT2D eigenvalue weighted by Crippen LogP contribution is 2.35. The lowest BCUT2D eigenvalue weighted by molar-refractivity contribution is -0.141. The first-order valence-corrected chi connectivity index (χ1v) is 6.04. The number of esters is 1. The second-order valence-corrected chi connectivity index (χ2v) is 3.28. The summed E-state index contributed by atoms with van der Waals surface area (Å²) >= 11 is 0. The van der Waals surface area contributed by atoms with E-state index in [0.717, 1.165) is 6.42 Å². The SMILES string of the molecule is CC.CC.O=C1OCC2CCCCC12. The molecule has 1 saturated carbocycles. The minimum absolute atomic E-state index is 0.0599. The Bertz CT molecular complexity index is 154. The minimum Gasteiger partial charge on any atom is -0.465 e. The predicted molar refractivity (Wildman–Crippen MR) is 59.1 cm³/mol. The predicted octanol–water partition coefficient (Wildman–Crippen LogP) is 3.40. The van der Waals surface area contributed by atoms with Gasteiger partial charge in [0.1, 0.15) is 0 Å². The third-order valence-electron chi connectivity index (χ3n) is 2.65. The summed E-state index contributed by atoms with van der Waals surface area (Å²) in [5.74, 6) is 0.903. The average molecular weight is 200 g/mol. The van der Waals surface area contributed by atoms with Crippen molar-refractivity contribution in [2.45, 2.75) is 53.4 Å². The first kappa shape index (κ1) is 13.5. The fraction of sp³-hybridized carbons (Fsp3) is 0.917. The van der Waals surface area contributed by atoms with Crippen molar-refractivity contribution < 1.29 is 9.53 Å². The van der Waals surface area contributed by atoms with Crippen LogP contribution < -0.4 is 0 Å². The lowest BCUT2D eigenvalue weighted by Gasteiger charge is -2.19. The first-order valence-electron chi connectivity index (χ1n) is 6.04. The van der Waals surface area contributed by atoms with Crippen molar-refractivity contribution in [1.29, 1.82) is 0 Å². The molecule has 84 valence electrons. The third-order valence-corrected chi connectivity index (χ3v) is 2.65. The molecule has 1 heterocycles. The number of fused-ring (bicyclic) bond motifs is 1. The highest BCUT2D eigenvalue weighted by molar-refractivity contribution is 5.74. The molecular weight excluding hydrogens is 176 g/mol. The van der Waals surface area contributed by atoms with Gasteiger partial charge in [-0.1, -0.05) is 40.5 Å². The van der Waals surface area contributed by atoms with Crippen molar-refractivity contribution in [3.63, 3.8) is 0 Å². The van der Waals surface area contributed by atoms with Crippen LogP contribution >= 0.6 is 0 Å². The van der Waals surface area contributed by atoms with Crippen molar-refractivity contribution in [3.8, 4) is 0 Å². The summed E-state index contributed by atoms with van der Waals surface area (Å²) in [4.78, 5) is 11.0. The summed E-state index contributed by atoms with van der Waals surface area (Å²) in [6.45, 7) is 8.70. The van der Waals surface area contributed by atoms with Crippen LogP contribution in [0, 0.1) is 11.8 Å². The highest BCUT2D eigenvalue weighted by atomic mass is 16.5. The molecule has 0 aromatic carbocycles. The van der Waals surface area contributed by atoms with Gasteiger partial charge in [-0.25, -0.2) is 0 Å². The number of cyclic esters (lactones) is 1. The molecule has 2 unspecified atom stereocenters. The van der Waals surface area contributed by atoms with Gasteiger partial charge in [0.25, 0.3) is 0 Å². The Morgan fingerprint density at radius 1 is 1.07 bits per heavy atom. The third kappa shape index (κ3) is 3.32. The molecule has 2 heteroatoms. The fourth-order valence-corrected chi connectivity index (χ4v) is 2.01. The number of rotatable bonds is 0. The van der Waals surface area contributed by atoms with Crippen LogP contribution in [0.15, 0.2) is 0 Å². The van der Waals surface area contributed by atoms with Crippen LogP contribution in [0.1, 0.15) is 53.4 Å². The monoisotopic (exact) mass is 200 g/mol. The zero-order valence-corrected chi connectivity index (χ0v) is 10.0. The van der Waals surface area contributed by atoms with Crippen LogP contribution in [0.4, 0.5) is 0 Å². The number of hydrogen-bond donors (Lipinski definition) is 0. The van der Waals surface area contributed by atoms with Gasteiger partial charge in [-0.15, -0.1) is 0 Å². The topological polar surface area (TPSA) is 26.3 Å². The van der Waals surface area contributed by atoms with E-state index >= 15 is 0 Å². The Labute approximate surface area is 88.0 Å². The highest BCUT2D eigenvalue weighted by Gasteiger charge is 2.37. The zero-order valence-electron chi connectivity index (χ0n) is 10.0. The van der Waals surface area contributed by atoms with Crippen molar-refractivity contribution in [1.82, 2.24) is 0 Å². The van der Waals surface area contributed by atoms with E-state index < -0.39 is 0 Å². The summed E-state index contributed by atoms with van der Waals surface area (Å²) in [6.07, 6.45) is 4.79. The van der Waals surface area contributed by atoms with E-state index in [0.29, 0.717) is 12.5 Å². The molecule has 1 aliphatic carbocycles. The van der Waals surface area contributed by atoms with E-state index in [2.05, 4.69) is 0 Å². The molecule has 2 nitrogen and oxygen atoms in total. The van der Waals surface area contributed by atoms with Crippen LogP contribution in [-0.2, 0) is 9.53 Å². The smallest absolute Gasteiger partial charge is 0.309 e. The van der Waals surface area contributed by atoms with Crippen molar-refractivity contribution in [3.05, 3.63) is 0 Å². The summed E-state index contributed by atoms with van der Waals surface area (Å²) in [5.41, 5.74) is 0. The molecule has 1 aliphatic heterocycles. The van der Waals surface area contributed by atoms with Crippen molar-refractivity contribution in [2.75, 3.05) is 6.61 Å². The van der Waals surface area contributed by atoms with E-state index in [9.17, 15) is 4.79 Å². The van der Waals surface area contributed by atoms with E-state index in [1.165, 1.54) is 19.3 Å². The standard InChI is InChI=1S/C8H12O2.2C2H6/c9-8-7-4-2-1-3-6(7)5-10-8;2*1-2/h6-7H,1-5H2;2*1-2H3. The van der Waals surface area contributed by atoms with Gasteiger partial charge < -0.3 is 4.74 Å². The molecular formula is C12H24O2. The molecule has 2 rings (SSSR count). The van der Waals surface area contributed by atoms with Gasteiger partial charge in [0.05, 0.1) is 12.5 Å². The normalized spacial score (nSPS) is 28.7. The molecule has 1 saturated heterocycles. The molecule has 0 N–H and O–H groups in total. The molecule has 2 fully saturated rings. The zero-order chi connectivity index (χ0) is 11.0. The van der Waals surface area contributed by atoms with E-state index in [1.54, 1.807) is 0 Å². The van der Waals surface area contributed by atoms with Crippen LogP contribution in [-0.4, -0.2) is 12.6 Å². The quantitative estimate of drug-likeness (QED) is 0.560. The Balaban J connectivity index is 0.000000379. The minimum atomic E-state index is 0.0599. The van der Waals surface area contributed by atoms with Gasteiger partial charge in [-0.3, -0.25) is 4.79 Å². The Morgan fingerprint density at radius 3 is 2.21 bits per heavy atom. The van der Waals surface area contributed by atoms with Gasteiger partial charge in [-0.2, -0.15) is 0 Å². The molecule has 0 aromatic heterocycles. The fourth-order valence-electron chi connectivity index (χ4n) is 2.01. The Morgan fingerprint density at radius 2 is 1.64 bits per heavy atom. The van der Waals surface area contributed by atoms with Crippen molar-refractivity contribution >= 4 is 5.97 Å². The van der Waals surface area contributed by atoms with Crippen molar-refractivity contribution in [2.24, 2.45) is 11.8 Å². The molecule has 2 atom stereocenters. The summed E-state index contributed by atoms with van der Waals surface area (Å²) in [5, 5.41) is 0. The van der Waals surface area contributed by atoms with Gasteiger partial charge in [0, 0.05) is 5.92 Å². The number of hydrogen-bond acceptors (Lipinski definition) is 2. The maximum Gasteiger partial charge on any atom is 0.309 e. The number of ether oxygens (including phenoxy) is 1. The van der Waals surface area contributed by atoms with Crippen LogP contribution in [0.2, 0.25) is 0 Å². The number of carbonyl (C=O) groups is 1. The molecule has 0 bridgehead atoms. The van der Waals surface area contributed by atoms with Crippen LogP contribution in [0.25, 0.3) is 0 Å². The molecule has 14 heavy (non-hydrogen) atoms. The molecule has 0 spiro atoms. The molecule has 0 radical (unpaired) electrons. The largest absolute Gasteiger partial charge is 0.465 e. The van der Waals surface area contributed by atoms with Gasteiger partial charge >= 0.3 is 5.97 Å². The van der Waals surface area contributed by atoms with E-state index in [-0.39, 0.29) is 11.9 Å². The van der Waals surface area contributed by atoms with Crippen LogP contribution in [0.3, 0.4) is 0 Å². The first-order chi connectivity index (χ1) is 6.88. The van der Waals surface area contributed by atoms with Gasteiger partial charge in [-0.05, 0) is 12.8 Å². The molecule has 0 aromatic rings. The summed E-state index contributed by atoms with van der Waals surface area (Å²) < 4.78 is 4.96. The van der Waals surface area contributed by atoms with E-state index in [4.69, 9.17) is 4.74 Å². The van der Waals surface area contributed by atoms with Gasteiger partial charge in [0.2, 0.25) is 0 Å². The average Bonchev–Trinajstić information content (AvgIpc) is 2.67. The Hall–Kier alpha value is -0.530. The maximum atomic E-state index is 11.0. The number of carbonyl (C=O) groups excluding carboxylic acids is 1. The van der Waals surface area contributed by atoms with E-state index in [1.807, 2.05) is 27.7 Å². The van der Waals surface area contributed by atoms with Gasteiger partial charge in [0.15, 0.2) is 0 Å².